The van der Waals surface area contributed by atoms with E-state index in [1.54, 1.807) is 0 Å². The van der Waals surface area contributed by atoms with Crippen LogP contribution in [0, 0.1) is 11.3 Å². The summed E-state index contributed by atoms with van der Waals surface area (Å²) in [5, 5.41) is 0. The third-order valence-corrected chi connectivity index (χ3v) is 4.00. The van der Waals surface area contributed by atoms with Crippen LogP contribution in [0.4, 0.5) is 0 Å². The number of nitrogens with two attached hydrogens (primary N) is 1. The smallest absolute Gasteiger partial charge is 0.230 e. The largest absolute Gasteiger partial charge is 0.342 e. The number of carbonyl (C=O) groups is 1. The molecule has 0 aromatic carbocycles. The van der Waals surface area contributed by atoms with E-state index in [4.69, 9.17) is 5.73 Å². The molecule has 0 bridgehead atoms. The average Bonchev–Trinajstić information content (AvgIpc) is 3.11. The Morgan fingerprint density at radius 2 is 1.88 bits per heavy atom. The highest BCUT2D eigenvalue weighted by Gasteiger charge is 2.50. The standard InChI is InChI=1S/C13H26N2O/c1-4-11(5-2)9-15(6-3)12(16)13(10-14)7-8-13/h11H,4-10,14H2,1-3H3. The Morgan fingerprint density at radius 3 is 2.19 bits per heavy atom. The molecule has 0 spiro atoms. The molecule has 0 unspecified atom stereocenters. The van der Waals surface area contributed by atoms with Crippen molar-refractivity contribution in [3.63, 3.8) is 0 Å². The number of hydrogen-bond acceptors (Lipinski definition) is 2. The first-order valence-corrected chi connectivity index (χ1v) is 6.63. The fourth-order valence-corrected chi connectivity index (χ4v) is 2.21. The van der Waals surface area contributed by atoms with Gasteiger partial charge in [0.15, 0.2) is 0 Å². The van der Waals surface area contributed by atoms with E-state index in [0.29, 0.717) is 18.4 Å². The van der Waals surface area contributed by atoms with Crippen molar-refractivity contribution in [1.82, 2.24) is 4.90 Å². The Hall–Kier alpha value is -0.570. The van der Waals surface area contributed by atoms with Crippen molar-refractivity contribution in [2.24, 2.45) is 17.1 Å². The van der Waals surface area contributed by atoms with Gasteiger partial charge in [0.05, 0.1) is 5.41 Å². The summed E-state index contributed by atoms with van der Waals surface area (Å²) in [6.07, 6.45) is 4.27. The third-order valence-electron chi connectivity index (χ3n) is 4.00. The molecule has 1 saturated carbocycles. The van der Waals surface area contributed by atoms with Crippen molar-refractivity contribution in [1.29, 1.82) is 0 Å². The molecule has 1 aliphatic rings. The van der Waals surface area contributed by atoms with Gasteiger partial charge in [0.25, 0.3) is 0 Å². The Labute approximate surface area is 99.4 Å². The number of carbonyl (C=O) groups excluding carboxylic acids is 1. The zero-order valence-electron chi connectivity index (χ0n) is 11.0. The lowest BCUT2D eigenvalue weighted by atomic mass is 10.0. The fraction of sp³-hybridized carbons (Fsp3) is 0.923. The van der Waals surface area contributed by atoms with Crippen molar-refractivity contribution >= 4 is 5.91 Å². The summed E-state index contributed by atoms with van der Waals surface area (Å²) < 4.78 is 0. The molecule has 1 amide bonds. The average molecular weight is 226 g/mol. The molecule has 3 heteroatoms. The topological polar surface area (TPSA) is 46.3 Å². The quantitative estimate of drug-likeness (QED) is 0.722. The van der Waals surface area contributed by atoms with Gasteiger partial charge in [-0.1, -0.05) is 26.7 Å². The fourth-order valence-electron chi connectivity index (χ4n) is 2.21. The van der Waals surface area contributed by atoms with Crippen LogP contribution in [0.1, 0.15) is 46.5 Å². The molecule has 0 aromatic heterocycles. The molecule has 0 saturated heterocycles. The summed E-state index contributed by atoms with van der Waals surface area (Å²) in [4.78, 5) is 14.3. The first-order valence-electron chi connectivity index (χ1n) is 6.63. The SMILES string of the molecule is CCC(CC)CN(CC)C(=O)C1(CN)CC1. The predicted molar refractivity (Wildman–Crippen MR) is 67.0 cm³/mol. The first kappa shape index (κ1) is 13.5. The Balaban J connectivity index is 2.57. The van der Waals surface area contributed by atoms with Gasteiger partial charge in [-0.15, -0.1) is 0 Å². The van der Waals surface area contributed by atoms with Gasteiger partial charge in [-0.05, 0) is 25.7 Å². The summed E-state index contributed by atoms with van der Waals surface area (Å²) in [7, 11) is 0. The van der Waals surface area contributed by atoms with Gasteiger partial charge in [-0.25, -0.2) is 0 Å². The minimum Gasteiger partial charge on any atom is -0.342 e. The molecule has 0 heterocycles. The maximum atomic E-state index is 12.3. The predicted octanol–water partition coefficient (Wildman–Crippen LogP) is 2.01. The molecule has 16 heavy (non-hydrogen) atoms. The maximum absolute atomic E-state index is 12.3. The van der Waals surface area contributed by atoms with E-state index >= 15 is 0 Å². The van der Waals surface area contributed by atoms with E-state index in [1.807, 2.05) is 4.90 Å². The second-order valence-electron chi connectivity index (χ2n) is 5.01. The first-order chi connectivity index (χ1) is 7.63. The molecule has 94 valence electrons. The number of rotatable bonds is 7. The molecular formula is C13H26N2O. The van der Waals surface area contributed by atoms with Crippen molar-refractivity contribution in [3.05, 3.63) is 0 Å². The van der Waals surface area contributed by atoms with E-state index < -0.39 is 0 Å². The normalized spacial score (nSPS) is 17.6. The van der Waals surface area contributed by atoms with Gasteiger partial charge in [-0.3, -0.25) is 4.79 Å². The summed E-state index contributed by atoms with van der Waals surface area (Å²) in [5.41, 5.74) is 5.53. The van der Waals surface area contributed by atoms with E-state index in [0.717, 1.165) is 38.8 Å². The van der Waals surface area contributed by atoms with Crippen molar-refractivity contribution in [2.45, 2.75) is 46.5 Å². The molecule has 1 rings (SSSR count). The third kappa shape index (κ3) is 2.76. The Kier molecular flexibility index (Phi) is 4.78. The summed E-state index contributed by atoms with van der Waals surface area (Å²) in [6, 6.07) is 0. The number of amides is 1. The molecule has 1 aliphatic carbocycles. The van der Waals surface area contributed by atoms with Crippen LogP contribution in [0.25, 0.3) is 0 Å². The van der Waals surface area contributed by atoms with E-state index in [9.17, 15) is 4.79 Å². The minimum atomic E-state index is -0.179. The van der Waals surface area contributed by atoms with Crippen LogP contribution >= 0.6 is 0 Å². The van der Waals surface area contributed by atoms with Gasteiger partial charge >= 0.3 is 0 Å². The number of hydrogen-bond donors (Lipinski definition) is 1. The van der Waals surface area contributed by atoms with Gasteiger partial charge in [0, 0.05) is 19.6 Å². The molecule has 0 aliphatic heterocycles. The van der Waals surface area contributed by atoms with Crippen LogP contribution in [-0.2, 0) is 4.79 Å². The molecule has 0 atom stereocenters. The zero-order chi connectivity index (χ0) is 12.2. The lowest BCUT2D eigenvalue weighted by molar-refractivity contribution is -0.137. The summed E-state index contributed by atoms with van der Waals surface area (Å²) in [5.74, 6) is 0.932. The molecule has 3 nitrogen and oxygen atoms in total. The van der Waals surface area contributed by atoms with Crippen LogP contribution in [0.15, 0.2) is 0 Å². The van der Waals surface area contributed by atoms with Crippen molar-refractivity contribution in [3.8, 4) is 0 Å². The van der Waals surface area contributed by atoms with E-state index in [2.05, 4.69) is 20.8 Å². The molecule has 0 aromatic rings. The van der Waals surface area contributed by atoms with Crippen LogP contribution in [0.2, 0.25) is 0 Å². The minimum absolute atomic E-state index is 0.179. The highest BCUT2D eigenvalue weighted by molar-refractivity contribution is 5.85. The molecule has 2 N–H and O–H groups in total. The van der Waals surface area contributed by atoms with Crippen molar-refractivity contribution in [2.75, 3.05) is 19.6 Å². The Morgan fingerprint density at radius 1 is 1.31 bits per heavy atom. The van der Waals surface area contributed by atoms with Gasteiger partial charge in [-0.2, -0.15) is 0 Å². The van der Waals surface area contributed by atoms with Crippen LogP contribution < -0.4 is 5.73 Å². The lowest BCUT2D eigenvalue weighted by Gasteiger charge is -2.28. The van der Waals surface area contributed by atoms with Crippen LogP contribution in [0.5, 0.6) is 0 Å². The van der Waals surface area contributed by atoms with Crippen LogP contribution in [-0.4, -0.2) is 30.4 Å². The van der Waals surface area contributed by atoms with E-state index in [-0.39, 0.29) is 5.41 Å². The number of nitrogens with zero attached hydrogens (tertiary/aromatic N) is 1. The summed E-state index contributed by atoms with van der Waals surface area (Å²) in [6.45, 7) is 8.70. The summed E-state index contributed by atoms with van der Waals surface area (Å²) >= 11 is 0. The van der Waals surface area contributed by atoms with Crippen LogP contribution in [0.3, 0.4) is 0 Å². The second-order valence-corrected chi connectivity index (χ2v) is 5.01. The van der Waals surface area contributed by atoms with Gasteiger partial charge in [0.2, 0.25) is 5.91 Å². The lowest BCUT2D eigenvalue weighted by Crippen LogP contribution is -2.42. The zero-order valence-corrected chi connectivity index (χ0v) is 11.0. The molecular weight excluding hydrogens is 200 g/mol. The maximum Gasteiger partial charge on any atom is 0.230 e. The van der Waals surface area contributed by atoms with Gasteiger partial charge < -0.3 is 10.6 Å². The van der Waals surface area contributed by atoms with Gasteiger partial charge in [0.1, 0.15) is 0 Å². The van der Waals surface area contributed by atoms with E-state index in [1.165, 1.54) is 0 Å². The second kappa shape index (κ2) is 5.67. The monoisotopic (exact) mass is 226 g/mol. The Bertz CT molecular complexity index is 232. The molecule has 0 radical (unpaired) electrons. The highest BCUT2D eigenvalue weighted by atomic mass is 16.2. The van der Waals surface area contributed by atoms with Crippen molar-refractivity contribution < 1.29 is 4.79 Å². The highest BCUT2D eigenvalue weighted by Crippen LogP contribution is 2.46. The molecule has 1 fully saturated rings.